The quantitative estimate of drug-likeness (QED) is 0.520. The third-order valence-corrected chi connectivity index (χ3v) is 4.19. The standard InChI is InChI=1S/C20H21N2O3/c1-13-3-2-4-14(11-13)9-10-21-12-18(24)15-5-7-17(23)20-16(15)6-8-19(25)22-20/h2-8,11,18,21,23-24H,1,9-10,12H2,(H,22,25)/t18-/m1/s1. The number of aromatic amines is 1. The van der Waals surface area contributed by atoms with Crippen molar-refractivity contribution in [3.8, 4) is 5.75 Å². The van der Waals surface area contributed by atoms with Crippen molar-refractivity contribution in [1.82, 2.24) is 10.3 Å². The van der Waals surface area contributed by atoms with Gasteiger partial charge in [-0.25, -0.2) is 0 Å². The molecule has 1 atom stereocenters. The van der Waals surface area contributed by atoms with Crippen molar-refractivity contribution in [3.63, 3.8) is 0 Å². The van der Waals surface area contributed by atoms with Gasteiger partial charge < -0.3 is 20.5 Å². The molecule has 1 aromatic heterocycles. The monoisotopic (exact) mass is 337 g/mol. The first-order valence-corrected chi connectivity index (χ1v) is 8.19. The molecule has 0 bridgehead atoms. The minimum atomic E-state index is -0.742. The number of benzene rings is 2. The second kappa shape index (κ2) is 7.51. The number of nitrogens with one attached hydrogen (secondary N) is 2. The van der Waals surface area contributed by atoms with Crippen LogP contribution in [0.3, 0.4) is 0 Å². The molecular weight excluding hydrogens is 316 g/mol. The van der Waals surface area contributed by atoms with E-state index in [1.54, 1.807) is 12.1 Å². The van der Waals surface area contributed by atoms with E-state index in [1.165, 1.54) is 17.7 Å². The molecule has 0 fully saturated rings. The highest BCUT2D eigenvalue weighted by Gasteiger charge is 2.13. The number of hydrogen-bond acceptors (Lipinski definition) is 4. The van der Waals surface area contributed by atoms with Gasteiger partial charge in [0.15, 0.2) is 0 Å². The number of aromatic nitrogens is 1. The van der Waals surface area contributed by atoms with Gasteiger partial charge in [-0.05, 0) is 48.7 Å². The molecule has 0 spiro atoms. The maximum Gasteiger partial charge on any atom is 0.248 e. The molecule has 0 saturated carbocycles. The summed E-state index contributed by atoms with van der Waals surface area (Å²) in [5, 5.41) is 24.2. The summed E-state index contributed by atoms with van der Waals surface area (Å²) in [4.78, 5) is 14.0. The molecule has 4 N–H and O–H groups in total. The maximum absolute atomic E-state index is 11.4. The number of pyridine rings is 1. The van der Waals surface area contributed by atoms with E-state index in [4.69, 9.17) is 0 Å². The fraction of sp³-hybridized carbons (Fsp3) is 0.200. The minimum absolute atomic E-state index is 0.00957. The third kappa shape index (κ3) is 4.07. The Morgan fingerprint density at radius 2 is 2.00 bits per heavy atom. The number of H-pyrrole nitrogens is 1. The van der Waals surface area contributed by atoms with Crippen LogP contribution in [0, 0.1) is 6.92 Å². The number of hydrogen-bond donors (Lipinski definition) is 4. The van der Waals surface area contributed by atoms with E-state index in [1.807, 2.05) is 18.2 Å². The average molecular weight is 337 g/mol. The lowest BCUT2D eigenvalue weighted by atomic mass is 10.0. The minimum Gasteiger partial charge on any atom is -0.506 e. The summed E-state index contributed by atoms with van der Waals surface area (Å²) in [5.74, 6) is -0.00957. The van der Waals surface area contributed by atoms with Crippen molar-refractivity contribution >= 4 is 10.9 Å². The maximum atomic E-state index is 11.4. The molecule has 3 aromatic rings. The van der Waals surface area contributed by atoms with Crippen LogP contribution in [0.1, 0.15) is 22.8 Å². The van der Waals surface area contributed by atoms with E-state index >= 15 is 0 Å². The fourth-order valence-corrected chi connectivity index (χ4v) is 2.92. The first-order valence-electron chi connectivity index (χ1n) is 8.19. The van der Waals surface area contributed by atoms with E-state index in [9.17, 15) is 15.0 Å². The van der Waals surface area contributed by atoms with Crippen molar-refractivity contribution in [1.29, 1.82) is 0 Å². The molecule has 1 heterocycles. The Balaban J connectivity index is 1.65. The Hall–Kier alpha value is -2.63. The molecule has 0 aliphatic rings. The molecule has 0 aliphatic heterocycles. The van der Waals surface area contributed by atoms with E-state index in [0.717, 1.165) is 18.5 Å². The van der Waals surface area contributed by atoms with E-state index in [-0.39, 0.29) is 11.3 Å². The van der Waals surface area contributed by atoms with Gasteiger partial charge in [0.2, 0.25) is 5.56 Å². The molecule has 25 heavy (non-hydrogen) atoms. The van der Waals surface area contributed by atoms with Gasteiger partial charge in [-0.2, -0.15) is 0 Å². The van der Waals surface area contributed by atoms with Gasteiger partial charge in [-0.3, -0.25) is 4.79 Å². The average Bonchev–Trinajstić information content (AvgIpc) is 2.59. The third-order valence-electron chi connectivity index (χ3n) is 4.19. The smallest absolute Gasteiger partial charge is 0.248 e. The molecule has 0 unspecified atom stereocenters. The van der Waals surface area contributed by atoms with E-state index in [2.05, 4.69) is 23.3 Å². The molecule has 1 radical (unpaired) electrons. The van der Waals surface area contributed by atoms with E-state index < -0.39 is 6.10 Å². The lowest BCUT2D eigenvalue weighted by Gasteiger charge is -2.15. The van der Waals surface area contributed by atoms with Gasteiger partial charge in [0.05, 0.1) is 11.6 Å². The van der Waals surface area contributed by atoms with Crippen LogP contribution in [0.4, 0.5) is 0 Å². The topological polar surface area (TPSA) is 85.3 Å². The second-order valence-corrected chi connectivity index (χ2v) is 6.08. The van der Waals surface area contributed by atoms with Gasteiger partial charge >= 0.3 is 0 Å². The van der Waals surface area contributed by atoms with Gasteiger partial charge in [-0.15, -0.1) is 0 Å². The van der Waals surface area contributed by atoms with Gasteiger partial charge in [0.1, 0.15) is 5.75 Å². The lowest BCUT2D eigenvalue weighted by Crippen LogP contribution is -2.24. The highest BCUT2D eigenvalue weighted by Crippen LogP contribution is 2.28. The Morgan fingerprint density at radius 3 is 2.80 bits per heavy atom. The van der Waals surface area contributed by atoms with Crippen molar-refractivity contribution in [2.45, 2.75) is 12.5 Å². The van der Waals surface area contributed by atoms with Crippen LogP contribution in [0.25, 0.3) is 10.9 Å². The second-order valence-electron chi connectivity index (χ2n) is 6.08. The number of aromatic hydroxyl groups is 1. The van der Waals surface area contributed by atoms with Gasteiger partial charge in [0, 0.05) is 18.0 Å². The van der Waals surface area contributed by atoms with Crippen molar-refractivity contribution in [3.05, 3.63) is 82.5 Å². The van der Waals surface area contributed by atoms with Crippen LogP contribution < -0.4 is 10.9 Å². The summed E-state index contributed by atoms with van der Waals surface area (Å²) in [7, 11) is 0. The zero-order valence-corrected chi connectivity index (χ0v) is 13.8. The van der Waals surface area contributed by atoms with Crippen LogP contribution in [0.2, 0.25) is 0 Å². The van der Waals surface area contributed by atoms with Crippen LogP contribution in [0.15, 0.2) is 53.3 Å². The zero-order chi connectivity index (χ0) is 17.8. The lowest BCUT2D eigenvalue weighted by molar-refractivity contribution is 0.176. The Bertz CT molecular complexity index is 934. The Morgan fingerprint density at radius 1 is 1.16 bits per heavy atom. The number of rotatable bonds is 6. The summed E-state index contributed by atoms with van der Waals surface area (Å²) in [5.41, 5.74) is 2.90. The van der Waals surface area contributed by atoms with Crippen molar-refractivity contribution in [2.24, 2.45) is 0 Å². The Labute approximate surface area is 146 Å². The predicted octanol–water partition coefficient (Wildman–Crippen LogP) is 2.28. The normalized spacial score (nSPS) is 12.4. The molecule has 5 nitrogen and oxygen atoms in total. The van der Waals surface area contributed by atoms with Crippen LogP contribution in [-0.2, 0) is 6.42 Å². The predicted molar refractivity (Wildman–Crippen MR) is 98.7 cm³/mol. The molecule has 3 rings (SSSR count). The molecule has 0 amide bonds. The highest BCUT2D eigenvalue weighted by atomic mass is 16.3. The van der Waals surface area contributed by atoms with Crippen molar-refractivity contribution < 1.29 is 10.2 Å². The first kappa shape index (κ1) is 17.2. The Kier molecular flexibility index (Phi) is 5.16. The van der Waals surface area contributed by atoms with Crippen molar-refractivity contribution in [2.75, 3.05) is 13.1 Å². The summed E-state index contributed by atoms with van der Waals surface area (Å²) in [6.45, 7) is 5.02. The fourth-order valence-electron chi connectivity index (χ4n) is 2.92. The number of fused-ring (bicyclic) bond motifs is 1. The number of aliphatic hydroxyl groups is 1. The largest absolute Gasteiger partial charge is 0.506 e. The molecule has 2 aromatic carbocycles. The number of aliphatic hydroxyl groups excluding tert-OH is 1. The molecule has 0 saturated heterocycles. The SMILES string of the molecule is [CH2]c1cccc(CCNC[C@@H](O)c2ccc(O)c3[nH]c(=O)ccc23)c1. The van der Waals surface area contributed by atoms with Crippen LogP contribution in [-0.4, -0.2) is 28.3 Å². The molecule has 129 valence electrons. The summed E-state index contributed by atoms with van der Waals surface area (Å²) >= 11 is 0. The summed E-state index contributed by atoms with van der Waals surface area (Å²) in [6.07, 6.45) is 0.105. The zero-order valence-electron chi connectivity index (χ0n) is 13.8. The highest BCUT2D eigenvalue weighted by molar-refractivity contribution is 5.87. The molecule has 5 heteroatoms. The van der Waals surface area contributed by atoms with Crippen LogP contribution in [0.5, 0.6) is 5.75 Å². The molecule has 0 aliphatic carbocycles. The number of phenolic OH excluding ortho intramolecular Hbond substituents is 1. The van der Waals surface area contributed by atoms with Gasteiger partial charge in [-0.1, -0.05) is 30.3 Å². The van der Waals surface area contributed by atoms with Gasteiger partial charge in [0.25, 0.3) is 0 Å². The van der Waals surface area contributed by atoms with E-state index in [0.29, 0.717) is 23.0 Å². The van der Waals surface area contributed by atoms with Crippen LogP contribution >= 0.6 is 0 Å². The first-order chi connectivity index (χ1) is 12.0. The summed E-state index contributed by atoms with van der Waals surface area (Å²) in [6, 6.07) is 14.2. The molecular formula is C20H21N2O3. The summed E-state index contributed by atoms with van der Waals surface area (Å²) < 4.78 is 0. The number of phenols is 1.